The van der Waals surface area contributed by atoms with Crippen molar-refractivity contribution in [3.05, 3.63) is 29.0 Å². The predicted molar refractivity (Wildman–Crippen MR) is 97.3 cm³/mol. The monoisotopic (exact) mass is 388 g/mol. The Kier molecular flexibility index (Phi) is 6.32. The summed E-state index contributed by atoms with van der Waals surface area (Å²) in [6, 6.07) is 3.27. The molecule has 0 N–H and O–H groups in total. The Labute approximate surface area is 154 Å². The molecule has 1 aromatic rings. The SMILES string of the molecule is CC(C)(C)OC(=O)N1CCC(CS(=O)(=O)Cc2ccc(Cl)nc2)CC1. The first-order valence-corrected chi connectivity index (χ1v) is 10.5. The van der Waals surface area contributed by atoms with Crippen molar-refractivity contribution >= 4 is 27.5 Å². The summed E-state index contributed by atoms with van der Waals surface area (Å²) in [5.41, 5.74) is 0.111. The molecule has 1 aliphatic rings. The van der Waals surface area contributed by atoms with Crippen LogP contribution < -0.4 is 0 Å². The van der Waals surface area contributed by atoms with E-state index in [2.05, 4.69) is 4.98 Å². The average molecular weight is 389 g/mol. The van der Waals surface area contributed by atoms with Crippen molar-refractivity contribution < 1.29 is 17.9 Å². The van der Waals surface area contributed by atoms with Crippen LogP contribution in [-0.4, -0.2) is 48.8 Å². The van der Waals surface area contributed by atoms with E-state index < -0.39 is 15.4 Å². The summed E-state index contributed by atoms with van der Waals surface area (Å²) < 4.78 is 30.1. The van der Waals surface area contributed by atoms with Crippen molar-refractivity contribution in [1.29, 1.82) is 0 Å². The molecule has 6 nitrogen and oxygen atoms in total. The molecule has 2 heterocycles. The van der Waals surface area contributed by atoms with Gasteiger partial charge in [0.1, 0.15) is 10.8 Å². The van der Waals surface area contributed by atoms with Gasteiger partial charge in [-0.05, 0) is 51.2 Å². The summed E-state index contributed by atoms with van der Waals surface area (Å²) in [6.07, 6.45) is 2.49. The Morgan fingerprint density at radius 2 is 1.96 bits per heavy atom. The van der Waals surface area contributed by atoms with Gasteiger partial charge in [-0.3, -0.25) is 0 Å². The number of carbonyl (C=O) groups is 1. The average Bonchev–Trinajstić information content (AvgIpc) is 2.48. The van der Waals surface area contributed by atoms with Gasteiger partial charge in [0.15, 0.2) is 9.84 Å². The molecule has 8 heteroatoms. The van der Waals surface area contributed by atoms with E-state index in [-0.39, 0.29) is 23.5 Å². The molecule has 1 saturated heterocycles. The van der Waals surface area contributed by atoms with E-state index in [1.54, 1.807) is 17.0 Å². The zero-order valence-electron chi connectivity index (χ0n) is 14.9. The molecule has 1 amide bonds. The number of nitrogens with zero attached hydrogens (tertiary/aromatic N) is 2. The minimum absolute atomic E-state index is 0.0382. The fourth-order valence-electron chi connectivity index (χ4n) is 2.77. The van der Waals surface area contributed by atoms with Crippen molar-refractivity contribution in [3.63, 3.8) is 0 Å². The highest BCUT2D eigenvalue weighted by Crippen LogP contribution is 2.22. The lowest BCUT2D eigenvalue weighted by Gasteiger charge is -2.33. The molecular formula is C17H25ClN2O4S. The number of hydrogen-bond acceptors (Lipinski definition) is 5. The van der Waals surface area contributed by atoms with Crippen LogP contribution in [0.25, 0.3) is 0 Å². The second-order valence-electron chi connectivity index (χ2n) is 7.45. The summed E-state index contributed by atoms with van der Waals surface area (Å²) in [7, 11) is -3.23. The number of pyridine rings is 1. The van der Waals surface area contributed by atoms with Gasteiger partial charge in [0.05, 0.1) is 11.5 Å². The number of carbonyl (C=O) groups excluding carboxylic acids is 1. The van der Waals surface area contributed by atoms with Crippen molar-refractivity contribution in [2.24, 2.45) is 5.92 Å². The molecule has 0 spiro atoms. The van der Waals surface area contributed by atoms with Gasteiger partial charge in [0.25, 0.3) is 0 Å². The molecule has 0 atom stereocenters. The second-order valence-corrected chi connectivity index (χ2v) is 9.95. The minimum Gasteiger partial charge on any atom is -0.444 e. The molecule has 1 fully saturated rings. The quantitative estimate of drug-likeness (QED) is 0.739. The second kappa shape index (κ2) is 7.91. The van der Waals surface area contributed by atoms with Crippen molar-refractivity contribution in [1.82, 2.24) is 9.88 Å². The number of aromatic nitrogens is 1. The summed E-state index contributed by atoms with van der Waals surface area (Å²) in [5.74, 6) is 0.144. The van der Waals surface area contributed by atoms with Crippen LogP contribution in [0.15, 0.2) is 18.3 Å². The van der Waals surface area contributed by atoms with E-state index in [1.165, 1.54) is 6.20 Å². The lowest BCUT2D eigenvalue weighted by Crippen LogP contribution is -2.42. The number of rotatable bonds is 4. The first-order chi connectivity index (χ1) is 11.5. The van der Waals surface area contributed by atoms with Gasteiger partial charge in [-0.2, -0.15) is 0 Å². The topological polar surface area (TPSA) is 76.6 Å². The van der Waals surface area contributed by atoms with Crippen molar-refractivity contribution in [3.8, 4) is 0 Å². The van der Waals surface area contributed by atoms with E-state index in [0.717, 1.165) is 0 Å². The van der Waals surface area contributed by atoms with Crippen LogP contribution in [0, 0.1) is 5.92 Å². The summed E-state index contributed by atoms with van der Waals surface area (Å²) in [4.78, 5) is 17.6. The Morgan fingerprint density at radius 1 is 1.32 bits per heavy atom. The molecule has 0 bridgehead atoms. The third-order valence-electron chi connectivity index (χ3n) is 3.93. The Balaban J connectivity index is 1.84. The van der Waals surface area contributed by atoms with Gasteiger partial charge in [0, 0.05) is 19.3 Å². The van der Waals surface area contributed by atoms with E-state index in [4.69, 9.17) is 16.3 Å². The number of ether oxygens (including phenoxy) is 1. The fraction of sp³-hybridized carbons (Fsp3) is 0.647. The molecule has 1 aromatic heterocycles. The largest absolute Gasteiger partial charge is 0.444 e. The van der Waals surface area contributed by atoms with E-state index in [9.17, 15) is 13.2 Å². The molecular weight excluding hydrogens is 364 g/mol. The fourth-order valence-corrected chi connectivity index (χ4v) is 4.73. The zero-order valence-corrected chi connectivity index (χ0v) is 16.4. The van der Waals surface area contributed by atoms with Crippen LogP contribution >= 0.6 is 11.6 Å². The lowest BCUT2D eigenvalue weighted by atomic mass is 9.99. The number of halogens is 1. The number of amides is 1. The zero-order chi connectivity index (χ0) is 18.7. The van der Waals surface area contributed by atoms with Crippen molar-refractivity contribution in [2.45, 2.75) is 45.0 Å². The maximum Gasteiger partial charge on any atom is 0.410 e. The summed E-state index contributed by atoms with van der Waals surface area (Å²) in [6.45, 7) is 6.54. The van der Waals surface area contributed by atoms with Crippen molar-refractivity contribution in [2.75, 3.05) is 18.8 Å². The highest BCUT2D eigenvalue weighted by molar-refractivity contribution is 7.90. The predicted octanol–water partition coefficient (Wildman–Crippen LogP) is 3.30. The van der Waals surface area contributed by atoms with E-state index in [1.807, 2.05) is 20.8 Å². The van der Waals surface area contributed by atoms with E-state index in [0.29, 0.717) is 36.6 Å². The molecule has 1 aliphatic heterocycles. The molecule has 0 aromatic carbocycles. The lowest BCUT2D eigenvalue weighted by molar-refractivity contribution is 0.0191. The molecule has 0 aliphatic carbocycles. The Hall–Kier alpha value is -1.34. The standard InChI is InChI=1S/C17H25ClN2O4S/c1-17(2,3)24-16(21)20-8-6-13(7-9-20)11-25(22,23)12-14-4-5-15(18)19-10-14/h4-5,10,13H,6-9,11-12H2,1-3H3. The molecule has 2 rings (SSSR count). The van der Waals surface area contributed by atoms with Crippen LogP contribution in [-0.2, 0) is 20.3 Å². The van der Waals surface area contributed by atoms with Gasteiger partial charge < -0.3 is 9.64 Å². The maximum absolute atomic E-state index is 12.4. The van der Waals surface area contributed by atoms with Gasteiger partial charge in [-0.15, -0.1) is 0 Å². The van der Waals surface area contributed by atoms with Crippen LogP contribution in [0.3, 0.4) is 0 Å². The Bertz CT molecular complexity index is 690. The molecule has 140 valence electrons. The van der Waals surface area contributed by atoms with Crippen LogP contribution in [0.5, 0.6) is 0 Å². The van der Waals surface area contributed by atoms with Crippen LogP contribution in [0.4, 0.5) is 4.79 Å². The number of sulfone groups is 1. The molecule has 0 radical (unpaired) electrons. The minimum atomic E-state index is -3.23. The molecule has 25 heavy (non-hydrogen) atoms. The number of likely N-dealkylation sites (tertiary alicyclic amines) is 1. The van der Waals surface area contributed by atoms with Crippen LogP contribution in [0.1, 0.15) is 39.2 Å². The normalized spacial score (nSPS) is 16.7. The van der Waals surface area contributed by atoms with Crippen LogP contribution in [0.2, 0.25) is 5.15 Å². The number of piperidine rings is 1. The molecule has 0 saturated carbocycles. The third kappa shape index (κ3) is 6.82. The van der Waals surface area contributed by atoms with Gasteiger partial charge in [-0.1, -0.05) is 17.7 Å². The van der Waals surface area contributed by atoms with Gasteiger partial charge in [-0.25, -0.2) is 18.2 Å². The number of hydrogen-bond donors (Lipinski definition) is 0. The first-order valence-electron chi connectivity index (χ1n) is 8.33. The van der Waals surface area contributed by atoms with Gasteiger partial charge >= 0.3 is 6.09 Å². The van der Waals surface area contributed by atoms with Gasteiger partial charge in [0.2, 0.25) is 0 Å². The first kappa shape index (κ1) is 20.0. The Morgan fingerprint density at radius 3 is 2.48 bits per heavy atom. The third-order valence-corrected chi connectivity index (χ3v) is 5.91. The maximum atomic E-state index is 12.4. The molecule has 0 unspecified atom stereocenters. The smallest absolute Gasteiger partial charge is 0.410 e. The van der Waals surface area contributed by atoms with E-state index >= 15 is 0 Å². The highest BCUT2D eigenvalue weighted by Gasteiger charge is 2.29. The summed E-state index contributed by atoms with van der Waals surface area (Å²) in [5, 5.41) is 0.343. The summed E-state index contributed by atoms with van der Waals surface area (Å²) >= 11 is 5.71. The highest BCUT2D eigenvalue weighted by atomic mass is 35.5.